The minimum absolute atomic E-state index is 0.0792. The van der Waals surface area contributed by atoms with E-state index in [-0.39, 0.29) is 12.6 Å². The molecule has 0 spiro atoms. The van der Waals surface area contributed by atoms with Crippen LogP contribution in [0.3, 0.4) is 0 Å². The van der Waals surface area contributed by atoms with E-state index in [0.29, 0.717) is 18.8 Å². The number of carbonyl (C=O) groups is 1. The van der Waals surface area contributed by atoms with Crippen molar-refractivity contribution in [3.05, 3.63) is 48.7 Å². The molecule has 2 heterocycles. The van der Waals surface area contributed by atoms with Gasteiger partial charge in [-0.3, -0.25) is 0 Å². The van der Waals surface area contributed by atoms with Crippen LogP contribution < -0.4 is 10.6 Å². The van der Waals surface area contributed by atoms with E-state index in [1.54, 1.807) is 19.1 Å². The van der Waals surface area contributed by atoms with Crippen LogP contribution in [0.4, 0.5) is 4.79 Å². The average molecular weight is 277 g/mol. The summed E-state index contributed by atoms with van der Waals surface area (Å²) in [5.41, 5.74) is -1.22. The van der Waals surface area contributed by atoms with Crippen LogP contribution in [0.25, 0.3) is 0 Å². The molecule has 0 saturated carbocycles. The van der Waals surface area contributed by atoms with Gasteiger partial charge in [0.1, 0.15) is 11.4 Å². The summed E-state index contributed by atoms with van der Waals surface area (Å²) in [5.74, 6) is 0.421. The van der Waals surface area contributed by atoms with Crippen molar-refractivity contribution >= 4 is 6.03 Å². The fraction of sp³-hybridized carbons (Fsp3) is 0.357. The topological polar surface area (TPSA) is 79.4 Å². The molecule has 3 N–H and O–H groups in total. The molecular formula is C14H19N3O3. The largest absolute Gasteiger partial charge is 0.466 e. The van der Waals surface area contributed by atoms with Gasteiger partial charge in [0.25, 0.3) is 0 Å². The fourth-order valence-corrected chi connectivity index (χ4v) is 1.80. The highest BCUT2D eigenvalue weighted by Crippen LogP contribution is 2.19. The molecule has 0 aliphatic heterocycles. The molecule has 20 heavy (non-hydrogen) atoms. The fourth-order valence-electron chi connectivity index (χ4n) is 1.80. The van der Waals surface area contributed by atoms with Crippen LogP contribution in [0.15, 0.2) is 47.3 Å². The Labute approximate surface area is 117 Å². The number of furan rings is 1. The van der Waals surface area contributed by atoms with Gasteiger partial charge in [-0.05, 0) is 31.2 Å². The second kappa shape index (κ2) is 6.29. The predicted octanol–water partition coefficient (Wildman–Crippen LogP) is 1.29. The van der Waals surface area contributed by atoms with Crippen LogP contribution in [0.5, 0.6) is 0 Å². The van der Waals surface area contributed by atoms with Gasteiger partial charge in [-0.1, -0.05) is 0 Å². The van der Waals surface area contributed by atoms with Crippen LogP contribution in [0.1, 0.15) is 12.7 Å². The van der Waals surface area contributed by atoms with Crippen molar-refractivity contribution in [3.63, 3.8) is 0 Å². The van der Waals surface area contributed by atoms with E-state index in [1.165, 1.54) is 6.26 Å². The van der Waals surface area contributed by atoms with Crippen molar-refractivity contribution in [2.24, 2.45) is 0 Å². The number of nitrogens with zero attached hydrogens (tertiary/aromatic N) is 1. The molecule has 0 bridgehead atoms. The number of aromatic nitrogens is 1. The lowest BCUT2D eigenvalue weighted by Gasteiger charge is -2.21. The molecular weight excluding hydrogens is 258 g/mol. The number of urea groups is 1. The minimum Gasteiger partial charge on any atom is -0.466 e. The molecule has 2 rings (SSSR count). The van der Waals surface area contributed by atoms with Crippen molar-refractivity contribution in [3.8, 4) is 0 Å². The first kappa shape index (κ1) is 14.2. The molecule has 0 aliphatic rings. The van der Waals surface area contributed by atoms with Gasteiger partial charge in [0.05, 0.1) is 12.8 Å². The van der Waals surface area contributed by atoms with E-state index < -0.39 is 5.60 Å². The maximum atomic E-state index is 11.6. The molecule has 2 amide bonds. The number of rotatable bonds is 6. The first-order chi connectivity index (χ1) is 9.58. The molecule has 108 valence electrons. The zero-order chi connectivity index (χ0) is 14.4. The lowest BCUT2D eigenvalue weighted by Crippen LogP contribution is -2.44. The van der Waals surface area contributed by atoms with Crippen molar-refractivity contribution in [1.29, 1.82) is 0 Å². The lowest BCUT2D eigenvalue weighted by atomic mass is 10.0. The Bertz CT molecular complexity index is 518. The van der Waals surface area contributed by atoms with E-state index in [2.05, 4.69) is 10.6 Å². The lowest BCUT2D eigenvalue weighted by molar-refractivity contribution is 0.0367. The van der Waals surface area contributed by atoms with Gasteiger partial charge in [-0.25, -0.2) is 4.79 Å². The van der Waals surface area contributed by atoms with Gasteiger partial charge >= 0.3 is 6.03 Å². The molecule has 2 aromatic rings. The normalized spacial score (nSPS) is 13.7. The van der Waals surface area contributed by atoms with Crippen LogP contribution in [0, 0.1) is 0 Å². The van der Waals surface area contributed by atoms with Crippen molar-refractivity contribution in [2.75, 3.05) is 13.1 Å². The Morgan fingerprint density at radius 3 is 2.75 bits per heavy atom. The van der Waals surface area contributed by atoms with E-state index in [9.17, 15) is 9.90 Å². The average Bonchev–Trinajstić information content (AvgIpc) is 3.09. The van der Waals surface area contributed by atoms with Gasteiger partial charge < -0.3 is 24.7 Å². The number of nitrogens with one attached hydrogen (secondary N) is 2. The van der Waals surface area contributed by atoms with Crippen LogP contribution in [-0.2, 0) is 12.1 Å². The van der Waals surface area contributed by atoms with E-state index in [0.717, 1.165) is 0 Å². The maximum Gasteiger partial charge on any atom is 0.314 e. The third-order valence-electron chi connectivity index (χ3n) is 2.97. The summed E-state index contributed by atoms with van der Waals surface area (Å²) in [4.78, 5) is 11.6. The summed E-state index contributed by atoms with van der Waals surface area (Å²) in [7, 11) is 0. The Morgan fingerprint density at radius 1 is 1.35 bits per heavy atom. The Morgan fingerprint density at radius 2 is 2.10 bits per heavy atom. The van der Waals surface area contributed by atoms with Crippen molar-refractivity contribution < 1.29 is 14.3 Å². The van der Waals surface area contributed by atoms with Crippen LogP contribution in [-0.4, -0.2) is 28.8 Å². The number of hydrogen-bond acceptors (Lipinski definition) is 3. The molecule has 0 aromatic carbocycles. The standard InChI is InChI=1S/C14H19N3O3/c1-14(19,12-5-4-10-20-12)11-16-13(18)15-6-9-17-7-2-3-8-17/h2-5,7-8,10,19H,6,9,11H2,1H3,(H2,15,16,18). The van der Waals surface area contributed by atoms with E-state index in [1.807, 2.05) is 29.1 Å². The van der Waals surface area contributed by atoms with Crippen molar-refractivity contribution in [2.45, 2.75) is 19.1 Å². The third-order valence-corrected chi connectivity index (χ3v) is 2.97. The Hall–Kier alpha value is -2.21. The number of hydrogen-bond donors (Lipinski definition) is 3. The molecule has 6 heteroatoms. The maximum absolute atomic E-state index is 11.6. The number of amides is 2. The Kier molecular flexibility index (Phi) is 4.47. The smallest absolute Gasteiger partial charge is 0.314 e. The zero-order valence-electron chi connectivity index (χ0n) is 11.4. The van der Waals surface area contributed by atoms with Gasteiger partial charge in [0.2, 0.25) is 0 Å². The van der Waals surface area contributed by atoms with Crippen LogP contribution in [0.2, 0.25) is 0 Å². The highest BCUT2D eigenvalue weighted by molar-refractivity contribution is 5.73. The SMILES string of the molecule is CC(O)(CNC(=O)NCCn1cccc1)c1ccco1. The second-order valence-electron chi connectivity index (χ2n) is 4.78. The molecule has 6 nitrogen and oxygen atoms in total. The Balaban J connectivity index is 1.69. The number of aliphatic hydroxyl groups is 1. The molecule has 0 saturated heterocycles. The van der Waals surface area contributed by atoms with Gasteiger partial charge in [-0.15, -0.1) is 0 Å². The molecule has 2 aromatic heterocycles. The molecule has 0 radical (unpaired) electrons. The first-order valence-electron chi connectivity index (χ1n) is 6.47. The zero-order valence-corrected chi connectivity index (χ0v) is 11.4. The molecule has 0 aliphatic carbocycles. The first-order valence-corrected chi connectivity index (χ1v) is 6.47. The van der Waals surface area contributed by atoms with Crippen LogP contribution >= 0.6 is 0 Å². The highest BCUT2D eigenvalue weighted by atomic mass is 16.4. The quantitative estimate of drug-likeness (QED) is 0.744. The highest BCUT2D eigenvalue weighted by Gasteiger charge is 2.26. The third kappa shape index (κ3) is 3.89. The predicted molar refractivity (Wildman–Crippen MR) is 74.1 cm³/mol. The van der Waals surface area contributed by atoms with Crippen molar-refractivity contribution in [1.82, 2.24) is 15.2 Å². The summed E-state index contributed by atoms with van der Waals surface area (Å²) in [6, 6.07) is 6.91. The van der Waals surface area contributed by atoms with Gasteiger partial charge in [0, 0.05) is 25.5 Å². The summed E-state index contributed by atoms with van der Waals surface area (Å²) in [6.07, 6.45) is 5.35. The van der Waals surface area contributed by atoms with E-state index in [4.69, 9.17) is 4.42 Å². The number of carbonyl (C=O) groups excluding carboxylic acids is 1. The second-order valence-corrected chi connectivity index (χ2v) is 4.78. The summed E-state index contributed by atoms with van der Waals surface area (Å²) < 4.78 is 7.11. The monoisotopic (exact) mass is 277 g/mol. The van der Waals surface area contributed by atoms with Gasteiger partial charge in [-0.2, -0.15) is 0 Å². The summed E-state index contributed by atoms with van der Waals surface area (Å²) >= 11 is 0. The minimum atomic E-state index is -1.22. The summed E-state index contributed by atoms with van der Waals surface area (Å²) in [5, 5.41) is 15.5. The van der Waals surface area contributed by atoms with E-state index >= 15 is 0 Å². The molecule has 1 atom stereocenters. The molecule has 1 unspecified atom stereocenters. The molecule has 0 fully saturated rings. The summed E-state index contributed by atoms with van der Waals surface area (Å²) in [6.45, 7) is 2.89. The van der Waals surface area contributed by atoms with Gasteiger partial charge in [0.15, 0.2) is 0 Å².